The molecule has 0 spiro atoms. The van der Waals surface area contributed by atoms with Gasteiger partial charge in [-0.25, -0.2) is 9.78 Å². The van der Waals surface area contributed by atoms with Gasteiger partial charge in [-0.3, -0.25) is 9.98 Å². The molecule has 9 nitrogen and oxygen atoms in total. The second-order valence-electron chi connectivity index (χ2n) is 7.46. The predicted octanol–water partition coefficient (Wildman–Crippen LogP) is 1.24. The van der Waals surface area contributed by atoms with Crippen LogP contribution < -0.4 is 21.7 Å². The molecule has 4 N–H and O–H groups in total. The molecule has 0 amide bonds. The van der Waals surface area contributed by atoms with Gasteiger partial charge in [0.25, 0.3) is 0 Å². The summed E-state index contributed by atoms with van der Waals surface area (Å²) in [5.74, 6) is 0.453. The molecule has 1 aliphatic rings. The van der Waals surface area contributed by atoms with Crippen molar-refractivity contribution in [3.63, 3.8) is 0 Å². The van der Waals surface area contributed by atoms with E-state index in [4.69, 9.17) is 9.98 Å². The van der Waals surface area contributed by atoms with E-state index in [-0.39, 0.29) is 17.6 Å². The Hall–Kier alpha value is -3.88. The molecule has 1 fully saturated rings. The van der Waals surface area contributed by atoms with Crippen LogP contribution in [0.5, 0.6) is 5.88 Å². The first-order chi connectivity index (χ1) is 14.6. The normalized spacial score (nSPS) is 16.3. The summed E-state index contributed by atoms with van der Waals surface area (Å²) in [5.41, 5.74) is 2.24. The third-order valence-electron chi connectivity index (χ3n) is 5.04. The highest BCUT2D eigenvalue weighted by Gasteiger charge is 2.20. The summed E-state index contributed by atoms with van der Waals surface area (Å²) >= 11 is 0. The monoisotopic (exact) mass is 403 g/mol. The highest BCUT2D eigenvalue weighted by Crippen LogP contribution is 2.23. The zero-order valence-corrected chi connectivity index (χ0v) is 16.3. The molecule has 4 aromatic rings. The molecule has 0 aliphatic heterocycles. The number of aromatic amines is 2. The van der Waals surface area contributed by atoms with Crippen LogP contribution >= 0.6 is 0 Å². The van der Waals surface area contributed by atoms with E-state index in [0.717, 1.165) is 23.9 Å². The molecule has 30 heavy (non-hydrogen) atoms. The number of aromatic hydroxyl groups is 1. The minimum Gasteiger partial charge on any atom is -0.493 e. The lowest BCUT2D eigenvalue weighted by atomic mass is 10.1. The number of imidazole rings is 1. The van der Waals surface area contributed by atoms with Gasteiger partial charge < -0.3 is 15.4 Å². The number of benzene rings is 1. The van der Waals surface area contributed by atoms with Crippen molar-refractivity contribution in [2.45, 2.75) is 31.8 Å². The molecule has 1 aliphatic carbocycles. The van der Waals surface area contributed by atoms with E-state index in [1.807, 2.05) is 24.3 Å². The Balaban J connectivity index is 1.63. The van der Waals surface area contributed by atoms with Gasteiger partial charge in [-0.05, 0) is 31.4 Å². The molecule has 1 aromatic carbocycles. The Morgan fingerprint density at radius 2 is 2.10 bits per heavy atom. The standard InChI is InChI=1S/C21H21N7O2/c1-12(13-5-3-2-4-6-13)23-17-10-18(24-15-7-8-15)28-19(26-17)14(11-22-28)9-16-20(29)27-21(30)25-16/h2-6,9-12,15,23,29H,7-8H2,1H3,(H2,25,27,30)/b14-9-,24-18?. The van der Waals surface area contributed by atoms with E-state index in [1.54, 1.807) is 16.8 Å². The second-order valence-corrected chi connectivity index (χ2v) is 7.46. The number of H-pyrrole nitrogens is 2. The number of nitrogens with zero attached hydrogens (tertiary/aromatic N) is 4. The number of hydrogen-bond donors (Lipinski definition) is 4. The van der Waals surface area contributed by atoms with Crippen molar-refractivity contribution in [1.82, 2.24) is 24.6 Å². The Bertz CT molecular complexity index is 1380. The highest BCUT2D eigenvalue weighted by molar-refractivity contribution is 5.58. The number of rotatable bonds is 5. The fourth-order valence-electron chi connectivity index (χ4n) is 3.32. The Morgan fingerprint density at radius 3 is 2.80 bits per heavy atom. The molecule has 3 aromatic heterocycles. The van der Waals surface area contributed by atoms with Gasteiger partial charge in [-0.2, -0.15) is 9.61 Å². The minimum absolute atomic E-state index is 0.0512. The summed E-state index contributed by atoms with van der Waals surface area (Å²) in [6, 6.07) is 12.4. The van der Waals surface area contributed by atoms with Crippen molar-refractivity contribution in [3.05, 3.63) is 75.0 Å². The molecular weight excluding hydrogens is 382 g/mol. The lowest BCUT2D eigenvalue weighted by molar-refractivity contribution is 0.454. The molecule has 3 heterocycles. The first-order valence-electron chi connectivity index (χ1n) is 9.84. The van der Waals surface area contributed by atoms with Gasteiger partial charge in [0.15, 0.2) is 11.1 Å². The smallest absolute Gasteiger partial charge is 0.326 e. The van der Waals surface area contributed by atoms with Crippen LogP contribution in [-0.4, -0.2) is 35.7 Å². The van der Waals surface area contributed by atoms with Crippen molar-refractivity contribution >= 4 is 17.5 Å². The largest absolute Gasteiger partial charge is 0.493 e. The van der Waals surface area contributed by atoms with E-state index in [9.17, 15) is 9.90 Å². The third kappa shape index (κ3) is 3.57. The van der Waals surface area contributed by atoms with Crippen molar-refractivity contribution in [2.24, 2.45) is 4.99 Å². The van der Waals surface area contributed by atoms with Gasteiger partial charge >= 0.3 is 5.69 Å². The summed E-state index contributed by atoms with van der Waals surface area (Å²) < 4.78 is 1.68. The van der Waals surface area contributed by atoms with Crippen molar-refractivity contribution < 1.29 is 5.11 Å². The van der Waals surface area contributed by atoms with Crippen LogP contribution in [0.3, 0.4) is 0 Å². The van der Waals surface area contributed by atoms with Crippen LogP contribution in [0, 0.1) is 0 Å². The lowest BCUT2D eigenvalue weighted by Gasteiger charge is -2.15. The van der Waals surface area contributed by atoms with Crippen LogP contribution in [-0.2, 0) is 0 Å². The number of aromatic nitrogens is 5. The molecule has 1 atom stereocenters. The van der Waals surface area contributed by atoms with E-state index in [0.29, 0.717) is 22.7 Å². The van der Waals surface area contributed by atoms with Gasteiger partial charge in [-0.1, -0.05) is 30.3 Å². The predicted molar refractivity (Wildman–Crippen MR) is 112 cm³/mol. The maximum Gasteiger partial charge on any atom is 0.326 e. The molecule has 0 saturated heterocycles. The topological polar surface area (TPSA) is 123 Å². The van der Waals surface area contributed by atoms with Crippen LogP contribution in [0.4, 0.5) is 5.82 Å². The number of anilines is 1. The first-order valence-corrected chi connectivity index (χ1v) is 9.84. The maximum atomic E-state index is 11.4. The second kappa shape index (κ2) is 7.18. The summed E-state index contributed by atoms with van der Waals surface area (Å²) in [7, 11) is 0. The number of fused-ring (bicyclic) bond motifs is 1. The average Bonchev–Trinajstić information content (AvgIpc) is 3.37. The molecule has 1 unspecified atom stereocenters. The Labute approximate surface area is 170 Å². The van der Waals surface area contributed by atoms with Crippen LogP contribution in [0.1, 0.15) is 37.1 Å². The van der Waals surface area contributed by atoms with Gasteiger partial charge in [0.05, 0.1) is 12.2 Å². The quantitative estimate of drug-likeness (QED) is 0.399. The van der Waals surface area contributed by atoms with Crippen LogP contribution in [0.2, 0.25) is 0 Å². The fraction of sp³-hybridized carbons (Fsp3) is 0.238. The van der Waals surface area contributed by atoms with Gasteiger partial charge in [0, 0.05) is 17.3 Å². The van der Waals surface area contributed by atoms with E-state index in [2.05, 4.69) is 39.4 Å². The molecule has 0 radical (unpaired) electrons. The summed E-state index contributed by atoms with van der Waals surface area (Å²) in [5, 5.41) is 18.4. The summed E-state index contributed by atoms with van der Waals surface area (Å²) in [6.45, 7) is 2.07. The highest BCUT2D eigenvalue weighted by atomic mass is 16.3. The van der Waals surface area contributed by atoms with Crippen LogP contribution in [0.25, 0.3) is 11.7 Å². The fourth-order valence-corrected chi connectivity index (χ4v) is 3.32. The molecule has 5 rings (SSSR count). The first kappa shape index (κ1) is 18.2. The van der Waals surface area contributed by atoms with E-state index >= 15 is 0 Å². The average molecular weight is 403 g/mol. The van der Waals surface area contributed by atoms with E-state index in [1.165, 1.54) is 0 Å². The van der Waals surface area contributed by atoms with Crippen molar-refractivity contribution in [1.29, 1.82) is 0 Å². The van der Waals surface area contributed by atoms with Gasteiger partial charge in [0.2, 0.25) is 5.88 Å². The molecule has 1 saturated carbocycles. The third-order valence-corrected chi connectivity index (χ3v) is 5.04. The molecule has 0 bridgehead atoms. The summed E-state index contributed by atoms with van der Waals surface area (Å²) in [6.07, 6.45) is 5.43. The van der Waals surface area contributed by atoms with Gasteiger partial charge in [-0.15, -0.1) is 0 Å². The van der Waals surface area contributed by atoms with Crippen molar-refractivity contribution in [3.8, 4) is 5.88 Å². The van der Waals surface area contributed by atoms with E-state index < -0.39 is 5.69 Å². The minimum atomic E-state index is -0.480. The SMILES string of the molecule is CC(Nc1cc(=NC2CC2)n2nc/c(=C/c3[nH]c(=O)[nH]c3O)c2n1)c1ccccc1. The van der Waals surface area contributed by atoms with Gasteiger partial charge in [0.1, 0.15) is 11.5 Å². The molecule has 9 heteroatoms. The number of nitrogens with one attached hydrogen (secondary N) is 3. The van der Waals surface area contributed by atoms with Crippen molar-refractivity contribution in [2.75, 3.05) is 5.32 Å². The zero-order chi connectivity index (χ0) is 20.7. The Morgan fingerprint density at radius 1 is 1.30 bits per heavy atom. The number of hydrogen-bond acceptors (Lipinski definition) is 6. The van der Waals surface area contributed by atoms with Crippen LogP contribution in [0.15, 0.2) is 52.4 Å². The maximum absolute atomic E-state index is 11.4. The lowest BCUT2D eigenvalue weighted by Crippen LogP contribution is -2.21. The zero-order valence-electron chi connectivity index (χ0n) is 16.3. The Kier molecular flexibility index (Phi) is 4.35. The summed E-state index contributed by atoms with van der Waals surface area (Å²) in [4.78, 5) is 25.8. The molecular formula is C21H21N7O2. The molecule has 152 valence electrons.